The van der Waals surface area contributed by atoms with Crippen molar-refractivity contribution in [3.8, 4) is 0 Å². The Morgan fingerprint density at radius 2 is 2.05 bits per heavy atom. The van der Waals surface area contributed by atoms with Crippen LogP contribution in [0.2, 0.25) is 5.02 Å². The third-order valence-electron chi connectivity index (χ3n) is 3.34. The Balaban J connectivity index is 2.04. The first-order valence-electron chi connectivity index (χ1n) is 6.46. The van der Waals surface area contributed by atoms with E-state index >= 15 is 0 Å². The van der Waals surface area contributed by atoms with Crippen LogP contribution in [0.3, 0.4) is 0 Å². The number of hydrogen-bond donors (Lipinski definition) is 1. The predicted octanol–water partition coefficient (Wildman–Crippen LogP) is 4.10. The summed E-state index contributed by atoms with van der Waals surface area (Å²) in [7, 11) is 1.91. The number of benzene rings is 1. The smallest absolute Gasteiger partial charge is 0.134 e. The highest BCUT2D eigenvalue weighted by molar-refractivity contribution is 6.31. The largest absolute Gasteiger partial charge is 0.459 e. The van der Waals surface area contributed by atoms with Crippen LogP contribution < -0.4 is 5.32 Å². The molecule has 0 radical (unpaired) electrons. The van der Waals surface area contributed by atoms with Crippen LogP contribution in [0.15, 0.2) is 47.0 Å². The maximum Gasteiger partial charge on any atom is 0.134 e. The topological polar surface area (TPSA) is 38.1 Å². The number of hydrogen-bond acceptors (Lipinski definition) is 3. The van der Waals surface area contributed by atoms with Crippen molar-refractivity contribution in [3.05, 3.63) is 64.6 Å². The van der Waals surface area contributed by atoms with E-state index in [0.29, 0.717) is 5.02 Å². The number of furan rings is 1. The first kappa shape index (κ1) is 13.2. The minimum atomic E-state index is -0.0192. The number of halogens is 1. The van der Waals surface area contributed by atoms with Crippen LogP contribution in [0.5, 0.6) is 0 Å². The van der Waals surface area contributed by atoms with Crippen molar-refractivity contribution in [2.24, 2.45) is 0 Å². The van der Waals surface area contributed by atoms with Gasteiger partial charge >= 0.3 is 0 Å². The Hall–Kier alpha value is -1.84. The molecule has 3 rings (SSSR count). The van der Waals surface area contributed by atoms with Gasteiger partial charge in [-0.2, -0.15) is 0 Å². The zero-order chi connectivity index (χ0) is 14.1. The highest BCUT2D eigenvalue weighted by atomic mass is 35.5. The van der Waals surface area contributed by atoms with Gasteiger partial charge in [-0.25, -0.2) is 0 Å². The Bertz CT molecular complexity index is 734. The lowest BCUT2D eigenvalue weighted by Crippen LogP contribution is -2.17. The van der Waals surface area contributed by atoms with Crippen LogP contribution >= 0.6 is 11.6 Å². The Labute approximate surface area is 122 Å². The van der Waals surface area contributed by atoms with E-state index in [-0.39, 0.29) is 6.04 Å². The second-order valence-corrected chi connectivity index (χ2v) is 5.22. The first-order chi connectivity index (χ1) is 9.67. The molecule has 0 aliphatic rings. The van der Waals surface area contributed by atoms with Crippen molar-refractivity contribution >= 4 is 22.6 Å². The van der Waals surface area contributed by atoms with E-state index in [0.717, 1.165) is 28.0 Å². The second-order valence-electron chi connectivity index (χ2n) is 4.79. The second kappa shape index (κ2) is 5.27. The molecule has 1 atom stereocenters. The molecule has 0 aliphatic carbocycles. The van der Waals surface area contributed by atoms with Crippen LogP contribution in [-0.4, -0.2) is 12.0 Å². The molecule has 0 amide bonds. The average Bonchev–Trinajstić information content (AvgIpc) is 2.84. The van der Waals surface area contributed by atoms with Crippen LogP contribution in [-0.2, 0) is 0 Å². The van der Waals surface area contributed by atoms with E-state index < -0.39 is 0 Å². The molecule has 0 spiro atoms. The van der Waals surface area contributed by atoms with Gasteiger partial charge in [-0.15, -0.1) is 0 Å². The molecule has 1 unspecified atom stereocenters. The van der Waals surface area contributed by atoms with Gasteiger partial charge in [0.05, 0.1) is 6.04 Å². The molecule has 20 heavy (non-hydrogen) atoms. The lowest BCUT2D eigenvalue weighted by Gasteiger charge is -2.13. The molecule has 3 aromatic rings. The average molecular weight is 287 g/mol. The normalized spacial score (nSPS) is 12.8. The van der Waals surface area contributed by atoms with Gasteiger partial charge in [-0.1, -0.05) is 17.7 Å². The molecule has 4 heteroatoms. The lowest BCUT2D eigenvalue weighted by atomic mass is 10.1. The fraction of sp³-hybridized carbons (Fsp3) is 0.188. The van der Waals surface area contributed by atoms with Gasteiger partial charge in [0.1, 0.15) is 11.3 Å². The number of nitrogens with one attached hydrogen (secondary N) is 1. The maximum atomic E-state index is 6.01. The summed E-state index contributed by atoms with van der Waals surface area (Å²) < 4.78 is 5.91. The van der Waals surface area contributed by atoms with Crippen molar-refractivity contribution in [3.63, 3.8) is 0 Å². The molecule has 0 bridgehead atoms. The molecule has 0 saturated heterocycles. The monoisotopic (exact) mass is 286 g/mol. The molecule has 2 aromatic heterocycles. The number of aromatic nitrogens is 1. The standard InChI is InChI=1S/C16H15ClN2O/c1-10-3-4-11(9-19-10)16(18-2)15-8-12-7-13(17)5-6-14(12)20-15/h3-9,16,18H,1-2H3. The highest BCUT2D eigenvalue weighted by Gasteiger charge is 2.17. The first-order valence-corrected chi connectivity index (χ1v) is 6.84. The number of aryl methyl sites for hydroxylation is 1. The summed E-state index contributed by atoms with van der Waals surface area (Å²) >= 11 is 6.01. The maximum absolute atomic E-state index is 6.01. The van der Waals surface area contributed by atoms with Crippen LogP contribution in [0.25, 0.3) is 11.0 Å². The van der Waals surface area contributed by atoms with Crippen molar-refractivity contribution in [1.82, 2.24) is 10.3 Å². The fourth-order valence-corrected chi connectivity index (χ4v) is 2.48. The molecular formula is C16H15ClN2O. The summed E-state index contributed by atoms with van der Waals surface area (Å²) in [6.07, 6.45) is 1.87. The van der Waals surface area contributed by atoms with E-state index in [1.165, 1.54) is 0 Å². The summed E-state index contributed by atoms with van der Waals surface area (Å²) in [5.41, 5.74) is 2.91. The van der Waals surface area contributed by atoms with Crippen molar-refractivity contribution < 1.29 is 4.42 Å². The Morgan fingerprint density at radius 1 is 1.20 bits per heavy atom. The summed E-state index contributed by atoms with van der Waals surface area (Å²) in [5, 5.41) is 4.98. The third kappa shape index (κ3) is 2.42. The Kier molecular flexibility index (Phi) is 3.47. The molecule has 2 heterocycles. The summed E-state index contributed by atoms with van der Waals surface area (Å²) in [6, 6.07) is 11.7. The highest BCUT2D eigenvalue weighted by Crippen LogP contribution is 2.29. The van der Waals surface area contributed by atoms with Crippen molar-refractivity contribution in [2.45, 2.75) is 13.0 Å². The van der Waals surface area contributed by atoms with Crippen LogP contribution in [0.1, 0.15) is 23.1 Å². The zero-order valence-electron chi connectivity index (χ0n) is 11.4. The van der Waals surface area contributed by atoms with Gasteiger partial charge in [0.15, 0.2) is 0 Å². The van der Waals surface area contributed by atoms with E-state index in [2.05, 4.69) is 16.4 Å². The summed E-state index contributed by atoms with van der Waals surface area (Å²) in [4.78, 5) is 4.34. The molecule has 3 nitrogen and oxygen atoms in total. The number of rotatable bonds is 3. The van der Waals surface area contributed by atoms with Gasteiger partial charge in [-0.3, -0.25) is 4.98 Å². The van der Waals surface area contributed by atoms with E-state index in [4.69, 9.17) is 16.0 Å². The Morgan fingerprint density at radius 3 is 2.75 bits per heavy atom. The van der Waals surface area contributed by atoms with Crippen molar-refractivity contribution in [2.75, 3.05) is 7.05 Å². The predicted molar refractivity (Wildman–Crippen MR) is 81.1 cm³/mol. The van der Waals surface area contributed by atoms with Gasteiger partial charge in [-0.05, 0) is 49.9 Å². The van der Waals surface area contributed by atoms with E-state index in [1.54, 1.807) is 0 Å². The zero-order valence-corrected chi connectivity index (χ0v) is 12.1. The minimum Gasteiger partial charge on any atom is -0.459 e. The number of pyridine rings is 1. The van der Waals surface area contributed by atoms with Gasteiger partial charge in [0, 0.05) is 22.3 Å². The lowest BCUT2D eigenvalue weighted by molar-refractivity contribution is 0.491. The molecule has 1 N–H and O–H groups in total. The van der Waals surface area contributed by atoms with Gasteiger partial charge < -0.3 is 9.73 Å². The van der Waals surface area contributed by atoms with Gasteiger partial charge in [0.25, 0.3) is 0 Å². The van der Waals surface area contributed by atoms with E-state index in [1.807, 2.05) is 50.5 Å². The quantitative estimate of drug-likeness (QED) is 0.788. The third-order valence-corrected chi connectivity index (χ3v) is 3.57. The van der Waals surface area contributed by atoms with Gasteiger partial charge in [0.2, 0.25) is 0 Å². The minimum absolute atomic E-state index is 0.0192. The van der Waals surface area contributed by atoms with Crippen molar-refractivity contribution in [1.29, 1.82) is 0 Å². The molecule has 0 fully saturated rings. The number of nitrogens with zero attached hydrogens (tertiary/aromatic N) is 1. The molecular weight excluding hydrogens is 272 g/mol. The molecule has 0 saturated carbocycles. The molecule has 0 aliphatic heterocycles. The van der Waals surface area contributed by atoms with E-state index in [9.17, 15) is 0 Å². The SMILES string of the molecule is CNC(c1ccc(C)nc1)c1cc2cc(Cl)ccc2o1. The van der Waals surface area contributed by atoms with Crippen LogP contribution in [0.4, 0.5) is 0 Å². The number of fused-ring (bicyclic) bond motifs is 1. The van der Waals surface area contributed by atoms with Crippen LogP contribution in [0, 0.1) is 6.92 Å². The fourth-order valence-electron chi connectivity index (χ4n) is 2.30. The molecule has 1 aromatic carbocycles. The summed E-state index contributed by atoms with van der Waals surface area (Å²) in [6.45, 7) is 1.97. The summed E-state index contributed by atoms with van der Waals surface area (Å²) in [5.74, 6) is 0.857. The molecule has 102 valence electrons.